The first-order chi connectivity index (χ1) is 8.45. The Hall–Kier alpha value is -1.32. The van der Waals surface area contributed by atoms with Gasteiger partial charge in [-0.15, -0.1) is 0 Å². The van der Waals surface area contributed by atoms with Gasteiger partial charge in [0.1, 0.15) is 0 Å². The number of halogens is 2. The largest absolute Gasteiger partial charge is 0.397 e. The van der Waals surface area contributed by atoms with Gasteiger partial charge in [-0.05, 0) is 31.1 Å². The topological polar surface area (TPSA) is 38.0 Å². The maximum Gasteiger partial charge on any atom is 0.161 e. The summed E-state index contributed by atoms with van der Waals surface area (Å²) in [6.07, 6.45) is 3.32. The first kappa shape index (κ1) is 13.1. The van der Waals surface area contributed by atoms with E-state index in [2.05, 4.69) is 19.2 Å². The molecule has 2 atom stereocenters. The number of benzene rings is 1. The van der Waals surface area contributed by atoms with Crippen LogP contribution in [0.3, 0.4) is 0 Å². The molecule has 0 aliphatic heterocycles. The van der Waals surface area contributed by atoms with E-state index in [1.54, 1.807) is 0 Å². The average molecular weight is 254 g/mol. The van der Waals surface area contributed by atoms with Crippen LogP contribution in [0.2, 0.25) is 0 Å². The highest BCUT2D eigenvalue weighted by atomic mass is 19.2. The molecule has 2 unspecified atom stereocenters. The predicted octanol–water partition coefficient (Wildman–Crippen LogP) is 3.78. The third kappa shape index (κ3) is 2.92. The SMILES string of the molecule is CC1CC(C)CC(Nc2cc(F)c(F)cc2N)C1. The summed E-state index contributed by atoms with van der Waals surface area (Å²) < 4.78 is 26.2. The molecule has 1 aromatic carbocycles. The van der Waals surface area contributed by atoms with Gasteiger partial charge in [-0.2, -0.15) is 0 Å². The molecular formula is C14H20F2N2. The summed E-state index contributed by atoms with van der Waals surface area (Å²) in [7, 11) is 0. The summed E-state index contributed by atoms with van der Waals surface area (Å²) in [5.41, 5.74) is 6.47. The Morgan fingerprint density at radius 2 is 1.61 bits per heavy atom. The van der Waals surface area contributed by atoms with Gasteiger partial charge in [-0.3, -0.25) is 0 Å². The van der Waals surface area contributed by atoms with Crippen LogP contribution in [0.5, 0.6) is 0 Å². The maximum absolute atomic E-state index is 13.2. The highest BCUT2D eigenvalue weighted by Gasteiger charge is 2.24. The molecule has 0 bridgehead atoms. The van der Waals surface area contributed by atoms with Gasteiger partial charge < -0.3 is 11.1 Å². The molecule has 1 aliphatic rings. The summed E-state index contributed by atoms with van der Waals surface area (Å²) in [5, 5.41) is 3.25. The van der Waals surface area contributed by atoms with E-state index in [0.29, 0.717) is 17.5 Å². The Labute approximate surface area is 107 Å². The lowest BCUT2D eigenvalue weighted by atomic mass is 9.80. The molecule has 1 saturated carbocycles. The molecule has 0 heterocycles. The lowest BCUT2D eigenvalue weighted by Gasteiger charge is -2.32. The molecule has 3 N–H and O–H groups in total. The third-order valence-corrected chi connectivity index (χ3v) is 3.63. The predicted molar refractivity (Wildman–Crippen MR) is 70.4 cm³/mol. The van der Waals surface area contributed by atoms with Gasteiger partial charge in [0.15, 0.2) is 11.6 Å². The highest BCUT2D eigenvalue weighted by Crippen LogP contribution is 2.32. The smallest absolute Gasteiger partial charge is 0.161 e. The van der Waals surface area contributed by atoms with Crippen molar-refractivity contribution in [3.63, 3.8) is 0 Å². The summed E-state index contributed by atoms with van der Waals surface area (Å²) in [4.78, 5) is 0. The number of hydrogen-bond donors (Lipinski definition) is 2. The van der Waals surface area contributed by atoms with Crippen molar-refractivity contribution in [1.82, 2.24) is 0 Å². The van der Waals surface area contributed by atoms with E-state index in [-0.39, 0.29) is 11.7 Å². The number of nitrogens with two attached hydrogens (primary N) is 1. The molecule has 2 nitrogen and oxygen atoms in total. The fourth-order valence-electron chi connectivity index (χ4n) is 2.97. The minimum Gasteiger partial charge on any atom is -0.397 e. The number of hydrogen-bond acceptors (Lipinski definition) is 2. The molecule has 0 spiro atoms. The summed E-state index contributed by atoms with van der Waals surface area (Å²) in [5.74, 6) is -0.456. The minimum absolute atomic E-state index is 0.264. The second kappa shape index (κ2) is 5.12. The van der Waals surface area contributed by atoms with Gasteiger partial charge in [0.25, 0.3) is 0 Å². The Morgan fingerprint density at radius 1 is 1.06 bits per heavy atom. The van der Waals surface area contributed by atoms with Crippen LogP contribution in [0.25, 0.3) is 0 Å². The van der Waals surface area contributed by atoms with Crippen LogP contribution in [-0.2, 0) is 0 Å². The van der Waals surface area contributed by atoms with E-state index in [1.165, 1.54) is 6.42 Å². The number of rotatable bonds is 2. The van der Waals surface area contributed by atoms with Crippen molar-refractivity contribution in [3.8, 4) is 0 Å². The van der Waals surface area contributed by atoms with Gasteiger partial charge in [0.2, 0.25) is 0 Å². The molecule has 1 aromatic rings. The van der Waals surface area contributed by atoms with Crippen LogP contribution in [0.4, 0.5) is 20.2 Å². The Morgan fingerprint density at radius 3 is 2.22 bits per heavy atom. The van der Waals surface area contributed by atoms with Crippen molar-refractivity contribution >= 4 is 11.4 Å². The first-order valence-electron chi connectivity index (χ1n) is 6.46. The summed E-state index contributed by atoms with van der Waals surface area (Å²) in [6, 6.07) is 2.47. The molecule has 1 fully saturated rings. The fourth-order valence-corrected chi connectivity index (χ4v) is 2.97. The maximum atomic E-state index is 13.2. The Balaban J connectivity index is 2.11. The molecule has 0 saturated heterocycles. The normalized spacial score (nSPS) is 28.1. The van der Waals surface area contributed by atoms with Crippen LogP contribution in [0, 0.1) is 23.5 Å². The molecule has 0 aromatic heterocycles. The van der Waals surface area contributed by atoms with Crippen molar-refractivity contribution in [2.45, 2.75) is 39.2 Å². The van der Waals surface area contributed by atoms with Gasteiger partial charge in [0, 0.05) is 18.2 Å². The second-order valence-electron chi connectivity index (χ2n) is 5.61. The minimum atomic E-state index is -0.900. The molecule has 100 valence electrons. The zero-order chi connectivity index (χ0) is 13.3. The van der Waals surface area contributed by atoms with Crippen LogP contribution < -0.4 is 11.1 Å². The van der Waals surface area contributed by atoms with E-state index < -0.39 is 11.6 Å². The van der Waals surface area contributed by atoms with Crippen molar-refractivity contribution in [3.05, 3.63) is 23.8 Å². The van der Waals surface area contributed by atoms with E-state index in [9.17, 15) is 8.78 Å². The van der Waals surface area contributed by atoms with Gasteiger partial charge >= 0.3 is 0 Å². The summed E-state index contributed by atoms with van der Waals surface area (Å²) >= 11 is 0. The standard InChI is InChI=1S/C14H20F2N2/c1-8-3-9(2)5-10(4-8)18-14-7-12(16)11(15)6-13(14)17/h6-10,18H,3-5,17H2,1-2H3. The monoisotopic (exact) mass is 254 g/mol. The third-order valence-electron chi connectivity index (χ3n) is 3.63. The molecular weight excluding hydrogens is 234 g/mol. The van der Waals surface area contributed by atoms with Crippen LogP contribution >= 0.6 is 0 Å². The molecule has 1 aliphatic carbocycles. The number of nitrogens with one attached hydrogen (secondary N) is 1. The number of nitrogen functional groups attached to an aromatic ring is 1. The molecule has 4 heteroatoms. The van der Waals surface area contributed by atoms with Crippen molar-refractivity contribution in [1.29, 1.82) is 0 Å². The average Bonchev–Trinajstić information content (AvgIpc) is 2.24. The fraction of sp³-hybridized carbons (Fsp3) is 0.571. The van der Waals surface area contributed by atoms with Crippen LogP contribution in [0.15, 0.2) is 12.1 Å². The first-order valence-corrected chi connectivity index (χ1v) is 6.46. The lowest BCUT2D eigenvalue weighted by molar-refractivity contribution is 0.281. The second-order valence-corrected chi connectivity index (χ2v) is 5.61. The molecule has 2 rings (SSSR count). The van der Waals surface area contributed by atoms with Gasteiger partial charge in [-0.25, -0.2) is 8.78 Å². The van der Waals surface area contributed by atoms with Crippen LogP contribution in [0.1, 0.15) is 33.1 Å². The molecule has 0 amide bonds. The Kier molecular flexibility index (Phi) is 3.73. The van der Waals surface area contributed by atoms with E-state index in [1.807, 2.05) is 0 Å². The zero-order valence-corrected chi connectivity index (χ0v) is 10.8. The lowest BCUT2D eigenvalue weighted by Crippen LogP contribution is -2.30. The van der Waals surface area contributed by atoms with Gasteiger partial charge in [0.05, 0.1) is 11.4 Å². The van der Waals surface area contributed by atoms with Crippen molar-refractivity contribution in [2.75, 3.05) is 11.1 Å². The molecule has 0 radical (unpaired) electrons. The Bertz CT molecular complexity index is 424. The van der Waals surface area contributed by atoms with Crippen molar-refractivity contribution in [2.24, 2.45) is 11.8 Å². The highest BCUT2D eigenvalue weighted by molar-refractivity contribution is 5.66. The van der Waals surface area contributed by atoms with E-state index in [4.69, 9.17) is 5.73 Å². The van der Waals surface area contributed by atoms with E-state index in [0.717, 1.165) is 25.0 Å². The van der Waals surface area contributed by atoms with Crippen LogP contribution in [-0.4, -0.2) is 6.04 Å². The van der Waals surface area contributed by atoms with E-state index >= 15 is 0 Å². The van der Waals surface area contributed by atoms with Crippen molar-refractivity contribution < 1.29 is 8.78 Å². The number of anilines is 2. The summed E-state index contributed by atoms with van der Waals surface area (Å²) in [6.45, 7) is 4.44. The molecule has 18 heavy (non-hydrogen) atoms. The van der Waals surface area contributed by atoms with Gasteiger partial charge in [-0.1, -0.05) is 13.8 Å². The zero-order valence-electron chi connectivity index (χ0n) is 10.8. The quantitative estimate of drug-likeness (QED) is 0.788.